The van der Waals surface area contributed by atoms with E-state index in [1.165, 1.54) is 128 Å². The number of nitrogens with zero attached hydrogens (tertiary/aromatic N) is 3. The average molecular weight is 1140 g/mol. The number of aryl methyl sites for hydroxylation is 1. The van der Waals surface area contributed by atoms with E-state index in [-0.39, 0.29) is 44.6 Å². The van der Waals surface area contributed by atoms with E-state index in [1.54, 1.807) is 0 Å². The smallest absolute Gasteiger partial charge is 0.252 e. The zero-order valence-electron chi connectivity index (χ0n) is 54.4. The van der Waals surface area contributed by atoms with E-state index in [4.69, 9.17) is 0 Å². The highest BCUT2D eigenvalue weighted by atomic mass is 32.2. The maximum absolute atomic E-state index is 2.76. The van der Waals surface area contributed by atoms with Crippen LogP contribution in [0.2, 0.25) is 0 Å². The monoisotopic (exact) mass is 1140 g/mol. The molecule has 86 heavy (non-hydrogen) atoms. The number of fused-ring (bicyclic) bond motifs is 10. The van der Waals surface area contributed by atoms with Gasteiger partial charge in [0, 0.05) is 61.3 Å². The van der Waals surface area contributed by atoms with Gasteiger partial charge in [0.15, 0.2) is 0 Å². The summed E-state index contributed by atoms with van der Waals surface area (Å²) >= 11 is 1.97. The Morgan fingerprint density at radius 2 is 0.872 bits per heavy atom. The van der Waals surface area contributed by atoms with Gasteiger partial charge in [-0.15, -0.1) is 11.8 Å². The molecule has 3 aliphatic heterocycles. The molecule has 0 unspecified atom stereocenters. The Bertz CT molecular complexity index is 4230. The summed E-state index contributed by atoms with van der Waals surface area (Å²) in [6.07, 6.45) is 1.09. The SMILES string of the molecule is Cc1cc(C(C)(C)C)ccc1N1c2cc3c(cc2B2c4cc5c(cc4N(c4cccc6c4CSc4ccccc4-6)c4cc(N(c6ccc(C(C)(C)C)cc6)c6ccc(C(C)(C)C)cc6)cc1c42)C(C)(C)c1ccccc1C5(C)C)C(C)(C)CC3(C)C. The van der Waals surface area contributed by atoms with E-state index in [1.807, 2.05) is 11.8 Å². The molecule has 0 bridgehead atoms. The summed E-state index contributed by atoms with van der Waals surface area (Å²) in [4.78, 5) is 9.38. The number of benzene rings is 9. The lowest BCUT2D eigenvalue weighted by atomic mass is 9.32. The molecule has 0 N–H and O–H groups in total. The van der Waals surface area contributed by atoms with Crippen LogP contribution in [0.1, 0.15) is 185 Å². The van der Waals surface area contributed by atoms with Crippen molar-refractivity contribution in [2.75, 3.05) is 14.7 Å². The standard InChI is InChI=1S/C81H86BN3S/c1-49-40-52(77(8,9)10)34-39-67(49)84-69-45-62-61(78(11,12)48-79(62,13)14)43-65(69)82-66-44-63-64(81(17,18)60-27-21-20-26-59(60)80(63,15)16)46-70(66)85(68-28-23-25-56-57-24-19-22-29-73(57)86-47-58(56)68)72-42-55(41-71(84)74(72)82)83(53-35-30-50(31-36-53)75(2,3)4)54-37-32-51(33-38-54)76(5,6)7/h19-46H,47-48H2,1-18H3. The van der Waals surface area contributed by atoms with Crippen LogP contribution in [0, 0.1) is 6.92 Å². The summed E-state index contributed by atoms with van der Waals surface area (Å²) in [5.41, 5.74) is 32.2. The summed E-state index contributed by atoms with van der Waals surface area (Å²) in [5.74, 6) is 0.869. The number of anilines is 9. The first kappa shape index (κ1) is 56.6. The molecule has 434 valence electrons. The molecule has 3 nitrogen and oxygen atoms in total. The highest BCUT2D eigenvalue weighted by Gasteiger charge is 2.51. The van der Waals surface area contributed by atoms with Crippen LogP contribution in [-0.4, -0.2) is 6.71 Å². The van der Waals surface area contributed by atoms with Gasteiger partial charge >= 0.3 is 0 Å². The minimum Gasteiger partial charge on any atom is -0.311 e. The zero-order valence-corrected chi connectivity index (χ0v) is 55.2. The van der Waals surface area contributed by atoms with Gasteiger partial charge in [0.1, 0.15) is 0 Å². The first-order chi connectivity index (χ1) is 40.4. The lowest BCUT2D eigenvalue weighted by molar-refractivity contribution is 0.403. The predicted octanol–water partition coefficient (Wildman–Crippen LogP) is 20.6. The van der Waals surface area contributed by atoms with E-state index < -0.39 is 0 Å². The van der Waals surface area contributed by atoms with Gasteiger partial charge in [0.2, 0.25) is 0 Å². The van der Waals surface area contributed by atoms with Crippen LogP contribution in [-0.2, 0) is 43.7 Å². The topological polar surface area (TPSA) is 9.72 Å². The molecule has 5 heteroatoms. The first-order valence-corrected chi connectivity index (χ1v) is 32.7. The van der Waals surface area contributed by atoms with Crippen molar-refractivity contribution in [3.05, 3.63) is 231 Å². The number of thioether (sulfide) groups is 1. The largest absolute Gasteiger partial charge is 0.311 e. The third kappa shape index (κ3) is 8.58. The lowest BCUT2D eigenvalue weighted by Gasteiger charge is -2.49. The third-order valence-electron chi connectivity index (χ3n) is 20.8. The fourth-order valence-electron chi connectivity index (χ4n) is 16.2. The molecule has 9 aromatic rings. The summed E-state index contributed by atoms with van der Waals surface area (Å²) in [7, 11) is 0. The van der Waals surface area contributed by atoms with Crippen LogP contribution >= 0.6 is 11.8 Å². The van der Waals surface area contributed by atoms with Crippen molar-refractivity contribution in [3.63, 3.8) is 0 Å². The average Bonchev–Trinajstić information content (AvgIpc) is 0.852. The molecule has 0 aromatic heterocycles. The molecule has 5 aliphatic rings. The quantitative estimate of drug-likeness (QED) is 0.159. The highest BCUT2D eigenvalue weighted by Crippen LogP contribution is 2.58. The number of rotatable bonds is 5. The van der Waals surface area contributed by atoms with Crippen LogP contribution in [0.15, 0.2) is 175 Å². The molecular weight excluding hydrogens is 1060 g/mol. The van der Waals surface area contributed by atoms with Gasteiger partial charge in [0.25, 0.3) is 6.71 Å². The lowest BCUT2D eigenvalue weighted by Crippen LogP contribution is -2.62. The van der Waals surface area contributed by atoms with Crippen LogP contribution in [0.5, 0.6) is 0 Å². The maximum atomic E-state index is 2.76. The molecule has 9 aromatic carbocycles. The van der Waals surface area contributed by atoms with Crippen molar-refractivity contribution in [2.24, 2.45) is 0 Å². The Balaban J connectivity index is 1.16. The Morgan fingerprint density at radius 3 is 1.42 bits per heavy atom. The van der Waals surface area contributed by atoms with Crippen molar-refractivity contribution in [1.82, 2.24) is 0 Å². The molecule has 0 amide bonds. The van der Waals surface area contributed by atoms with Gasteiger partial charge in [-0.2, -0.15) is 0 Å². The first-order valence-electron chi connectivity index (χ1n) is 31.7. The van der Waals surface area contributed by atoms with Crippen molar-refractivity contribution in [3.8, 4) is 11.1 Å². The summed E-state index contributed by atoms with van der Waals surface area (Å²) in [6.45, 7) is 43.1. The Kier molecular flexibility index (Phi) is 12.4. The summed E-state index contributed by atoms with van der Waals surface area (Å²) < 4.78 is 0. The van der Waals surface area contributed by atoms with E-state index in [0.29, 0.717) is 0 Å². The molecule has 14 rings (SSSR count). The van der Waals surface area contributed by atoms with Crippen molar-refractivity contribution >= 4 is 86.0 Å². The zero-order chi connectivity index (χ0) is 60.7. The Morgan fingerprint density at radius 1 is 0.407 bits per heavy atom. The second-order valence-electron chi connectivity index (χ2n) is 31.4. The van der Waals surface area contributed by atoms with Gasteiger partial charge in [0.05, 0.1) is 11.4 Å². The van der Waals surface area contributed by atoms with Crippen molar-refractivity contribution in [2.45, 2.75) is 180 Å². The maximum Gasteiger partial charge on any atom is 0.252 e. The van der Waals surface area contributed by atoms with Gasteiger partial charge in [-0.1, -0.05) is 221 Å². The third-order valence-corrected chi connectivity index (χ3v) is 21.9. The normalized spacial score (nSPS) is 17.1. The van der Waals surface area contributed by atoms with E-state index >= 15 is 0 Å². The molecule has 0 radical (unpaired) electrons. The van der Waals surface area contributed by atoms with Gasteiger partial charge < -0.3 is 14.7 Å². The van der Waals surface area contributed by atoms with E-state index in [2.05, 4.69) is 309 Å². The molecule has 3 heterocycles. The summed E-state index contributed by atoms with van der Waals surface area (Å²) in [6, 6.07) is 67.7. The molecule has 2 aliphatic carbocycles. The second kappa shape index (κ2) is 18.9. The number of hydrogen-bond donors (Lipinski definition) is 0. The molecular formula is C81H86BN3S. The summed E-state index contributed by atoms with van der Waals surface area (Å²) in [5, 5.41) is 0. The molecule has 0 fully saturated rings. The minimum absolute atomic E-state index is 0.00642. The van der Waals surface area contributed by atoms with Gasteiger partial charge in [-0.25, -0.2) is 0 Å². The van der Waals surface area contributed by atoms with Crippen molar-refractivity contribution < 1.29 is 0 Å². The highest BCUT2D eigenvalue weighted by molar-refractivity contribution is 7.98. The van der Waals surface area contributed by atoms with Gasteiger partial charge in [-0.05, 0) is 196 Å². The van der Waals surface area contributed by atoms with Crippen LogP contribution in [0.4, 0.5) is 51.2 Å². The fraction of sp³-hybridized carbons (Fsp3) is 0.333. The Hall–Kier alpha value is -7.21. The van der Waals surface area contributed by atoms with Crippen LogP contribution < -0.4 is 31.1 Å². The van der Waals surface area contributed by atoms with E-state index in [0.717, 1.165) is 29.2 Å². The Labute approximate surface area is 519 Å². The predicted molar refractivity (Wildman–Crippen MR) is 372 cm³/mol. The van der Waals surface area contributed by atoms with Crippen LogP contribution in [0.25, 0.3) is 11.1 Å². The second-order valence-corrected chi connectivity index (χ2v) is 32.4. The van der Waals surface area contributed by atoms with Crippen LogP contribution in [0.3, 0.4) is 0 Å². The molecule has 0 saturated carbocycles. The minimum atomic E-state index is -0.274. The van der Waals surface area contributed by atoms with Crippen molar-refractivity contribution in [1.29, 1.82) is 0 Å². The molecule has 0 saturated heterocycles. The molecule has 0 atom stereocenters. The van der Waals surface area contributed by atoms with E-state index in [9.17, 15) is 0 Å². The number of hydrogen-bond acceptors (Lipinski definition) is 4. The fourth-order valence-corrected chi connectivity index (χ4v) is 17.3. The van der Waals surface area contributed by atoms with Gasteiger partial charge in [-0.3, -0.25) is 0 Å². The molecule has 0 spiro atoms.